The van der Waals surface area contributed by atoms with E-state index in [2.05, 4.69) is 31.2 Å². The molecule has 0 aliphatic carbocycles. The summed E-state index contributed by atoms with van der Waals surface area (Å²) in [6.45, 7) is 2.16. The van der Waals surface area contributed by atoms with Gasteiger partial charge in [-0.3, -0.25) is 0 Å². The van der Waals surface area contributed by atoms with Gasteiger partial charge in [-0.25, -0.2) is 12.1 Å². The fourth-order valence-electron chi connectivity index (χ4n) is 0.650. The molecule has 0 spiro atoms. The largest absolute Gasteiger partial charge is 4.00 e. The summed E-state index contributed by atoms with van der Waals surface area (Å²) in [5.41, 5.74) is 1.43. The van der Waals surface area contributed by atoms with Crippen molar-refractivity contribution >= 4 is 0 Å². The van der Waals surface area contributed by atoms with Gasteiger partial charge in [0, 0.05) is 0 Å². The van der Waals surface area contributed by atoms with Crippen molar-refractivity contribution < 1.29 is 76.8 Å². The van der Waals surface area contributed by atoms with Gasteiger partial charge >= 0.3 is 25.8 Å². The number of rotatable bonds is 1. The van der Waals surface area contributed by atoms with E-state index in [1.807, 2.05) is 0 Å². The van der Waals surface area contributed by atoms with Crippen molar-refractivity contribution in [2.24, 2.45) is 0 Å². The standard InChI is InChI=1S/C7H9.3BrH.Hf/c1-2-7-5-3-4-6-7;;;;/h3-6H,2H2,1H3;3*1H;/q-1;;;;+4/p-3. The van der Waals surface area contributed by atoms with E-state index in [0.29, 0.717) is 0 Å². The van der Waals surface area contributed by atoms with Crippen molar-refractivity contribution in [2.75, 3.05) is 0 Å². The van der Waals surface area contributed by atoms with Gasteiger partial charge in [0.2, 0.25) is 0 Å². The van der Waals surface area contributed by atoms with E-state index >= 15 is 0 Å². The zero-order chi connectivity index (χ0) is 5.11. The van der Waals surface area contributed by atoms with Gasteiger partial charge in [0.1, 0.15) is 0 Å². The molecule has 62 valence electrons. The Hall–Kier alpha value is 1.66. The van der Waals surface area contributed by atoms with E-state index in [4.69, 9.17) is 0 Å². The molecule has 0 saturated carbocycles. The van der Waals surface area contributed by atoms with Crippen molar-refractivity contribution in [3.05, 3.63) is 29.8 Å². The summed E-state index contributed by atoms with van der Waals surface area (Å²) in [4.78, 5) is 0. The van der Waals surface area contributed by atoms with Gasteiger partial charge in [0.05, 0.1) is 0 Å². The SMILES string of the molecule is CC[c-]1cccc1.[Br-].[Br-].[Br-].[Hf+4]. The van der Waals surface area contributed by atoms with Gasteiger partial charge in [-0.2, -0.15) is 17.7 Å². The first-order chi connectivity index (χ1) is 3.43. The van der Waals surface area contributed by atoms with Crippen LogP contribution in [0.1, 0.15) is 12.5 Å². The first kappa shape index (κ1) is 23.0. The summed E-state index contributed by atoms with van der Waals surface area (Å²) >= 11 is 0. The Labute approximate surface area is 119 Å². The Morgan fingerprint density at radius 1 is 1.00 bits per heavy atom. The second kappa shape index (κ2) is 14.2. The molecule has 0 amide bonds. The van der Waals surface area contributed by atoms with Crippen LogP contribution in [0.4, 0.5) is 0 Å². The first-order valence-electron chi connectivity index (χ1n) is 2.64. The summed E-state index contributed by atoms with van der Waals surface area (Å²) in [5.74, 6) is 0. The second-order valence-corrected chi connectivity index (χ2v) is 1.65. The monoisotopic (exact) mass is 510 g/mol. The molecule has 0 nitrogen and oxygen atoms in total. The minimum absolute atomic E-state index is 0. The van der Waals surface area contributed by atoms with Gasteiger partial charge in [0.15, 0.2) is 0 Å². The summed E-state index contributed by atoms with van der Waals surface area (Å²) < 4.78 is 0. The Balaban J connectivity index is -0.0000000612. The van der Waals surface area contributed by atoms with Crippen molar-refractivity contribution in [2.45, 2.75) is 13.3 Å². The maximum Gasteiger partial charge on any atom is 4.00 e. The van der Waals surface area contributed by atoms with Gasteiger partial charge in [-0.05, 0) is 0 Å². The van der Waals surface area contributed by atoms with Crippen molar-refractivity contribution in [1.29, 1.82) is 0 Å². The minimum atomic E-state index is 0. The van der Waals surface area contributed by atoms with Crippen LogP contribution >= 0.6 is 0 Å². The molecule has 0 saturated heterocycles. The Kier molecular flexibility index (Phi) is 29.6. The van der Waals surface area contributed by atoms with E-state index in [1.165, 1.54) is 5.56 Å². The zero-order valence-corrected chi connectivity index (χ0v) is 14.5. The van der Waals surface area contributed by atoms with E-state index in [1.54, 1.807) is 0 Å². The third kappa shape index (κ3) is 9.58. The van der Waals surface area contributed by atoms with Gasteiger partial charge in [0.25, 0.3) is 0 Å². The summed E-state index contributed by atoms with van der Waals surface area (Å²) in [7, 11) is 0. The van der Waals surface area contributed by atoms with E-state index in [-0.39, 0.29) is 76.8 Å². The number of hydrogen-bond acceptors (Lipinski definition) is 0. The maximum absolute atomic E-state index is 2.16. The average molecular weight is 511 g/mol. The van der Waals surface area contributed by atoms with Crippen LogP contribution in [0.25, 0.3) is 0 Å². The average Bonchev–Trinajstić information content (AvgIpc) is 2.14. The summed E-state index contributed by atoms with van der Waals surface area (Å²) in [6, 6.07) is 8.41. The topological polar surface area (TPSA) is 0 Å². The summed E-state index contributed by atoms with van der Waals surface area (Å²) in [5, 5.41) is 0. The van der Waals surface area contributed by atoms with Gasteiger partial charge in [-0.15, -0.1) is 0 Å². The Bertz CT molecular complexity index is 128. The van der Waals surface area contributed by atoms with Crippen molar-refractivity contribution in [3.63, 3.8) is 0 Å². The maximum atomic E-state index is 2.16. The van der Waals surface area contributed by atoms with Crippen LogP contribution in [-0.2, 0) is 32.3 Å². The molecule has 1 aromatic rings. The van der Waals surface area contributed by atoms with E-state index in [9.17, 15) is 0 Å². The van der Waals surface area contributed by atoms with Crippen LogP contribution in [0.3, 0.4) is 0 Å². The third-order valence-electron chi connectivity index (χ3n) is 1.14. The molecule has 0 heterocycles. The van der Waals surface area contributed by atoms with Crippen LogP contribution in [0.2, 0.25) is 0 Å². The van der Waals surface area contributed by atoms with E-state index < -0.39 is 0 Å². The number of halogens is 3. The molecular formula is C7H9Br3Hf. The van der Waals surface area contributed by atoms with Gasteiger partial charge < -0.3 is 50.9 Å². The van der Waals surface area contributed by atoms with Crippen LogP contribution < -0.4 is 50.9 Å². The molecule has 0 N–H and O–H groups in total. The Morgan fingerprint density at radius 2 is 1.36 bits per heavy atom. The minimum Gasteiger partial charge on any atom is -1.00 e. The predicted octanol–water partition coefficient (Wildman–Crippen LogP) is -7.02. The number of aryl methyl sites for hydroxylation is 1. The third-order valence-corrected chi connectivity index (χ3v) is 1.14. The molecule has 0 unspecified atom stereocenters. The molecule has 11 heavy (non-hydrogen) atoms. The Morgan fingerprint density at radius 3 is 1.55 bits per heavy atom. The van der Waals surface area contributed by atoms with Crippen LogP contribution in [0, 0.1) is 0 Å². The van der Waals surface area contributed by atoms with Gasteiger partial charge in [-0.1, -0.05) is 13.3 Å². The molecule has 0 aliphatic rings. The quantitative estimate of drug-likeness (QED) is 0.260. The zero-order valence-electron chi connectivity index (χ0n) is 6.15. The van der Waals surface area contributed by atoms with Crippen LogP contribution in [-0.4, -0.2) is 0 Å². The molecule has 0 aliphatic heterocycles. The van der Waals surface area contributed by atoms with E-state index in [0.717, 1.165) is 6.42 Å². The first-order valence-corrected chi connectivity index (χ1v) is 2.64. The van der Waals surface area contributed by atoms with Crippen LogP contribution in [0.15, 0.2) is 24.3 Å². The predicted molar refractivity (Wildman–Crippen MR) is 31.4 cm³/mol. The fraction of sp³-hybridized carbons (Fsp3) is 0.286. The molecular weight excluding hydrogens is 502 g/mol. The normalized spacial score (nSPS) is 5.91. The molecule has 1 rings (SSSR count). The van der Waals surface area contributed by atoms with Crippen molar-refractivity contribution in [1.82, 2.24) is 0 Å². The smallest absolute Gasteiger partial charge is 1.00 e. The fourth-order valence-corrected chi connectivity index (χ4v) is 0.650. The molecule has 1 aromatic carbocycles. The molecule has 0 radical (unpaired) electrons. The summed E-state index contributed by atoms with van der Waals surface area (Å²) in [6.07, 6.45) is 1.16. The molecule has 0 fully saturated rings. The number of hydrogen-bond donors (Lipinski definition) is 0. The molecule has 0 aromatic heterocycles. The van der Waals surface area contributed by atoms with Crippen LogP contribution in [0.5, 0.6) is 0 Å². The van der Waals surface area contributed by atoms with Crippen molar-refractivity contribution in [3.8, 4) is 0 Å². The molecule has 0 atom stereocenters. The second-order valence-electron chi connectivity index (χ2n) is 1.65. The molecule has 4 heteroatoms. The molecule has 0 bridgehead atoms.